The third-order valence-corrected chi connectivity index (χ3v) is 5.25. The fraction of sp³-hybridized carbons (Fsp3) is 0.136. The minimum Gasteiger partial charge on any atom is -0.549 e. The first kappa shape index (κ1) is 19.5. The molecule has 0 aliphatic heterocycles. The number of benzene rings is 2. The molecular formula is C22H17N2O3S-. The van der Waals surface area contributed by atoms with Gasteiger partial charge < -0.3 is 14.6 Å². The highest BCUT2D eigenvalue weighted by molar-refractivity contribution is 8.00. The van der Waals surface area contributed by atoms with Crippen molar-refractivity contribution in [2.24, 2.45) is 0 Å². The monoisotopic (exact) mass is 389 g/mol. The number of hydrogen-bond donors (Lipinski definition) is 0. The number of hydrogen-bond acceptors (Lipinski definition) is 6. The van der Waals surface area contributed by atoms with Crippen molar-refractivity contribution in [2.75, 3.05) is 7.11 Å². The topological polar surface area (TPSA) is 86.0 Å². The first-order valence-corrected chi connectivity index (χ1v) is 9.44. The minimum atomic E-state index is -1.20. The van der Waals surface area contributed by atoms with Gasteiger partial charge in [0.25, 0.3) is 0 Å². The van der Waals surface area contributed by atoms with E-state index in [-0.39, 0.29) is 0 Å². The lowest BCUT2D eigenvalue weighted by Gasteiger charge is -2.16. The molecule has 1 atom stereocenters. The second kappa shape index (κ2) is 8.59. The van der Waals surface area contributed by atoms with Crippen LogP contribution in [-0.2, 0) is 4.79 Å². The summed E-state index contributed by atoms with van der Waals surface area (Å²) < 4.78 is 5.20. The zero-order valence-electron chi connectivity index (χ0n) is 15.4. The number of carbonyl (C=O) groups is 1. The van der Waals surface area contributed by atoms with Crippen LogP contribution in [0.5, 0.6) is 5.75 Å². The van der Waals surface area contributed by atoms with Crippen molar-refractivity contribution in [3.63, 3.8) is 0 Å². The highest BCUT2D eigenvalue weighted by atomic mass is 32.2. The number of nitriles is 1. The fourth-order valence-electron chi connectivity index (χ4n) is 2.69. The summed E-state index contributed by atoms with van der Waals surface area (Å²) >= 11 is 1.01. The standard InChI is InChI=1S/C22H18N2O3S/c1-14(22(25)26)28-21-19(13-23)18(15-8-10-17(27-2)11-9-15)12-20(24-21)16-6-4-3-5-7-16/h3-12,14H,1-2H3,(H,25,26)/p-1/t14-/m0/s1. The molecule has 3 aromatic rings. The fourth-order valence-corrected chi connectivity index (χ4v) is 3.54. The van der Waals surface area contributed by atoms with Crippen molar-refractivity contribution >= 4 is 17.7 Å². The molecule has 2 aromatic carbocycles. The Morgan fingerprint density at radius 3 is 2.39 bits per heavy atom. The van der Waals surface area contributed by atoms with Crippen LogP contribution in [0, 0.1) is 11.3 Å². The molecule has 0 aliphatic carbocycles. The van der Waals surface area contributed by atoms with Crippen molar-refractivity contribution < 1.29 is 14.6 Å². The summed E-state index contributed by atoms with van der Waals surface area (Å²) in [6, 6.07) is 20.9. The van der Waals surface area contributed by atoms with E-state index in [0.29, 0.717) is 27.6 Å². The zero-order chi connectivity index (χ0) is 20.1. The number of aliphatic carboxylic acids is 1. The Labute approximate surface area is 167 Å². The normalized spacial score (nSPS) is 11.5. The molecule has 3 rings (SSSR count). The molecule has 0 spiro atoms. The number of aromatic nitrogens is 1. The molecule has 0 saturated heterocycles. The smallest absolute Gasteiger partial charge is 0.118 e. The van der Waals surface area contributed by atoms with Gasteiger partial charge >= 0.3 is 0 Å². The Bertz CT molecular complexity index is 1030. The average molecular weight is 389 g/mol. The number of carboxylic acids is 1. The number of pyridine rings is 1. The number of ether oxygens (including phenoxy) is 1. The molecule has 0 radical (unpaired) electrons. The minimum absolute atomic E-state index is 0.336. The van der Waals surface area contributed by atoms with E-state index in [1.165, 1.54) is 6.92 Å². The Hall–Kier alpha value is -3.30. The molecule has 1 aromatic heterocycles. The Morgan fingerprint density at radius 2 is 1.82 bits per heavy atom. The summed E-state index contributed by atoms with van der Waals surface area (Å²) in [5.41, 5.74) is 3.39. The van der Waals surface area contributed by atoms with Crippen molar-refractivity contribution in [3.05, 3.63) is 66.2 Å². The summed E-state index contributed by atoms with van der Waals surface area (Å²) in [5.74, 6) is -0.494. The highest BCUT2D eigenvalue weighted by Gasteiger charge is 2.18. The van der Waals surface area contributed by atoms with Gasteiger partial charge in [-0.15, -0.1) is 0 Å². The van der Waals surface area contributed by atoms with Crippen LogP contribution < -0.4 is 9.84 Å². The lowest BCUT2D eigenvalue weighted by molar-refractivity contribution is -0.304. The number of rotatable bonds is 6. The molecule has 0 amide bonds. The summed E-state index contributed by atoms with van der Waals surface area (Å²) in [6.45, 7) is 1.52. The summed E-state index contributed by atoms with van der Waals surface area (Å²) in [6.07, 6.45) is 0. The number of thioether (sulfide) groups is 1. The van der Waals surface area contributed by atoms with E-state index in [9.17, 15) is 15.2 Å². The molecular weight excluding hydrogens is 372 g/mol. The van der Waals surface area contributed by atoms with E-state index < -0.39 is 11.2 Å². The molecule has 6 heteroatoms. The van der Waals surface area contributed by atoms with Gasteiger partial charge in [0.15, 0.2) is 0 Å². The predicted molar refractivity (Wildman–Crippen MR) is 107 cm³/mol. The first-order valence-electron chi connectivity index (χ1n) is 8.56. The van der Waals surface area contributed by atoms with Crippen molar-refractivity contribution in [1.29, 1.82) is 5.26 Å². The van der Waals surface area contributed by atoms with E-state index in [0.717, 1.165) is 22.9 Å². The van der Waals surface area contributed by atoms with E-state index in [1.54, 1.807) is 7.11 Å². The molecule has 0 fully saturated rings. The van der Waals surface area contributed by atoms with E-state index in [4.69, 9.17) is 4.74 Å². The Kier molecular flexibility index (Phi) is 5.97. The number of carboxylic acid groups (broad SMARTS) is 1. The first-order chi connectivity index (χ1) is 13.5. The van der Waals surface area contributed by atoms with E-state index in [2.05, 4.69) is 11.1 Å². The van der Waals surface area contributed by atoms with Crippen LogP contribution in [0.2, 0.25) is 0 Å². The summed E-state index contributed by atoms with van der Waals surface area (Å²) in [4.78, 5) is 15.8. The second-order valence-corrected chi connectivity index (χ2v) is 7.35. The summed E-state index contributed by atoms with van der Waals surface area (Å²) in [7, 11) is 1.59. The van der Waals surface area contributed by atoms with Crippen LogP contribution in [0.15, 0.2) is 65.7 Å². The van der Waals surface area contributed by atoms with Gasteiger partial charge in [-0.1, -0.05) is 54.2 Å². The Balaban J connectivity index is 2.20. The van der Waals surface area contributed by atoms with Gasteiger partial charge in [0, 0.05) is 16.4 Å². The maximum Gasteiger partial charge on any atom is 0.118 e. The number of methoxy groups -OCH3 is 1. The molecule has 0 aliphatic rings. The molecule has 0 N–H and O–H groups in total. The van der Waals surface area contributed by atoms with Gasteiger partial charge in [0.05, 0.1) is 24.3 Å². The number of carbonyl (C=O) groups excluding carboxylic acids is 1. The van der Waals surface area contributed by atoms with Crippen LogP contribution in [0.1, 0.15) is 12.5 Å². The van der Waals surface area contributed by atoms with Gasteiger partial charge in [-0.2, -0.15) is 5.26 Å². The average Bonchev–Trinajstić information content (AvgIpc) is 2.73. The lowest BCUT2D eigenvalue weighted by Crippen LogP contribution is -2.31. The highest BCUT2D eigenvalue weighted by Crippen LogP contribution is 2.36. The van der Waals surface area contributed by atoms with Crippen LogP contribution >= 0.6 is 11.8 Å². The lowest BCUT2D eigenvalue weighted by atomic mass is 9.99. The van der Waals surface area contributed by atoms with Crippen LogP contribution in [-0.4, -0.2) is 23.3 Å². The SMILES string of the molecule is COc1ccc(-c2cc(-c3ccccc3)nc(S[C@@H](C)C(=O)[O-])c2C#N)cc1. The number of nitrogens with zero attached hydrogens (tertiary/aromatic N) is 2. The molecule has 0 unspecified atom stereocenters. The molecule has 0 saturated carbocycles. The molecule has 5 nitrogen and oxygen atoms in total. The van der Waals surface area contributed by atoms with Gasteiger partial charge in [0.1, 0.15) is 16.8 Å². The van der Waals surface area contributed by atoms with Crippen molar-refractivity contribution in [3.8, 4) is 34.2 Å². The second-order valence-electron chi connectivity index (χ2n) is 6.02. The van der Waals surface area contributed by atoms with E-state index >= 15 is 0 Å². The van der Waals surface area contributed by atoms with Crippen molar-refractivity contribution in [2.45, 2.75) is 17.2 Å². The van der Waals surface area contributed by atoms with Gasteiger partial charge in [0.2, 0.25) is 0 Å². The van der Waals surface area contributed by atoms with Gasteiger partial charge in [-0.25, -0.2) is 4.98 Å². The molecule has 28 heavy (non-hydrogen) atoms. The largest absolute Gasteiger partial charge is 0.549 e. The summed E-state index contributed by atoms with van der Waals surface area (Å²) in [5, 5.41) is 20.5. The molecule has 140 valence electrons. The third kappa shape index (κ3) is 4.16. The quantitative estimate of drug-likeness (QED) is 0.600. The third-order valence-electron chi connectivity index (χ3n) is 4.19. The van der Waals surface area contributed by atoms with Crippen LogP contribution in [0.4, 0.5) is 0 Å². The maximum absolute atomic E-state index is 11.2. The molecule has 0 bridgehead atoms. The zero-order valence-corrected chi connectivity index (χ0v) is 16.2. The Morgan fingerprint density at radius 1 is 1.14 bits per heavy atom. The van der Waals surface area contributed by atoms with Crippen LogP contribution in [0.3, 0.4) is 0 Å². The maximum atomic E-state index is 11.2. The van der Waals surface area contributed by atoms with Crippen LogP contribution in [0.25, 0.3) is 22.4 Å². The predicted octanol–water partition coefficient (Wildman–Crippen LogP) is 3.53. The van der Waals surface area contributed by atoms with E-state index in [1.807, 2.05) is 60.7 Å². The molecule has 1 heterocycles. The van der Waals surface area contributed by atoms with Gasteiger partial charge in [-0.05, 0) is 30.7 Å². The van der Waals surface area contributed by atoms with Gasteiger partial charge in [-0.3, -0.25) is 0 Å². The van der Waals surface area contributed by atoms with Crippen molar-refractivity contribution in [1.82, 2.24) is 4.98 Å².